The second-order valence-electron chi connectivity index (χ2n) is 8.67. The zero-order valence-corrected chi connectivity index (χ0v) is 18.5. The molecule has 0 bridgehead atoms. The highest BCUT2D eigenvalue weighted by Crippen LogP contribution is 2.24. The number of unbranched alkanes of at least 4 members (excludes halogenated alkanes) is 10. The van der Waals surface area contributed by atoms with Crippen LogP contribution in [-0.4, -0.2) is 18.8 Å². The lowest BCUT2D eigenvalue weighted by Gasteiger charge is -2.14. The minimum Gasteiger partial charge on any atom is -0.374 e. The number of aryl methyl sites for hydroxylation is 1. The van der Waals surface area contributed by atoms with Gasteiger partial charge in [0, 0.05) is 11.6 Å². The summed E-state index contributed by atoms with van der Waals surface area (Å²) in [5, 5.41) is 0. The van der Waals surface area contributed by atoms with Crippen molar-refractivity contribution in [2.24, 2.45) is 7.05 Å². The molecule has 0 saturated carbocycles. The zero-order chi connectivity index (χ0) is 19.9. The van der Waals surface area contributed by atoms with E-state index in [1.54, 1.807) is 0 Å². The van der Waals surface area contributed by atoms with Crippen molar-refractivity contribution in [2.45, 2.75) is 116 Å². The van der Waals surface area contributed by atoms with Crippen LogP contribution in [0.3, 0.4) is 0 Å². The molecule has 2 rings (SSSR count). The number of ether oxygens (including phenoxy) is 2. The highest BCUT2D eigenvalue weighted by atomic mass is 16.5. The second kappa shape index (κ2) is 15.0. The van der Waals surface area contributed by atoms with E-state index in [1.807, 2.05) is 13.2 Å². The number of rotatable bonds is 16. The maximum atomic E-state index is 6.18. The van der Waals surface area contributed by atoms with Crippen molar-refractivity contribution in [2.75, 3.05) is 6.61 Å². The van der Waals surface area contributed by atoms with Crippen LogP contribution in [0.25, 0.3) is 0 Å². The van der Waals surface area contributed by atoms with Gasteiger partial charge in [-0.1, -0.05) is 77.6 Å². The maximum absolute atomic E-state index is 6.18. The Labute approximate surface area is 173 Å². The summed E-state index contributed by atoms with van der Waals surface area (Å²) in [5.74, 6) is 0. The third-order valence-corrected chi connectivity index (χ3v) is 5.90. The fourth-order valence-corrected chi connectivity index (χ4v) is 4.19. The van der Waals surface area contributed by atoms with E-state index in [1.165, 1.54) is 89.0 Å². The quantitative estimate of drug-likeness (QED) is 0.245. The molecule has 28 heavy (non-hydrogen) atoms. The molecule has 0 amide bonds. The van der Waals surface area contributed by atoms with Crippen molar-refractivity contribution in [3.63, 3.8) is 0 Å². The van der Waals surface area contributed by atoms with Crippen molar-refractivity contribution in [3.05, 3.63) is 30.1 Å². The highest BCUT2D eigenvalue weighted by Gasteiger charge is 2.24. The maximum Gasteiger partial charge on any atom is 0.174 e. The van der Waals surface area contributed by atoms with Crippen LogP contribution in [0.4, 0.5) is 0 Å². The summed E-state index contributed by atoms with van der Waals surface area (Å²) in [6, 6.07) is 4.18. The van der Waals surface area contributed by atoms with E-state index in [4.69, 9.17) is 9.47 Å². The molecular formula is C25H44NO2+. The van der Waals surface area contributed by atoms with E-state index < -0.39 is 0 Å². The van der Waals surface area contributed by atoms with Gasteiger partial charge in [0.1, 0.15) is 7.05 Å². The molecule has 1 saturated heterocycles. The second-order valence-corrected chi connectivity index (χ2v) is 8.67. The molecule has 2 unspecified atom stereocenters. The number of hydrogen-bond acceptors (Lipinski definition) is 2. The van der Waals surface area contributed by atoms with Crippen molar-refractivity contribution in [1.29, 1.82) is 0 Å². The number of nitrogens with zero attached hydrogens (tertiary/aromatic N) is 1. The molecule has 0 aromatic carbocycles. The smallest absolute Gasteiger partial charge is 0.174 e. The van der Waals surface area contributed by atoms with Crippen LogP contribution >= 0.6 is 0 Å². The zero-order valence-electron chi connectivity index (χ0n) is 18.5. The molecule has 3 nitrogen and oxygen atoms in total. The van der Waals surface area contributed by atoms with Crippen molar-refractivity contribution in [1.82, 2.24) is 0 Å². The first-order valence-corrected chi connectivity index (χ1v) is 12.0. The van der Waals surface area contributed by atoms with E-state index in [-0.39, 0.29) is 0 Å². The fourth-order valence-electron chi connectivity index (χ4n) is 4.19. The molecule has 2 atom stereocenters. The van der Waals surface area contributed by atoms with Crippen molar-refractivity contribution >= 4 is 0 Å². The van der Waals surface area contributed by atoms with Crippen LogP contribution in [-0.2, 0) is 23.1 Å². The van der Waals surface area contributed by atoms with Gasteiger partial charge in [-0.3, -0.25) is 0 Å². The Morgan fingerprint density at radius 3 is 2.25 bits per heavy atom. The van der Waals surface area contributed by atoms with Crippen molar-refractivity contribution in [3.8, 4) is 0 Å². The summed E-state index contributed by atoms with van der Waals surface area (Å²) in [7, 11) is 2.04. The number of hydrogen-bond donors (Lipinski definition) is 0. The lowest BCUT2D eigenvalue weighted by Crippen LogP contribution is -2.27. The molecule has 160 valence electrons. The van der Waals surface area contributed by atoms with E-state index in [2.05, 4.69) is 29.8 Å². The molecular weight excluding hydrogens is 346 g/mol. The topological polar surface area (TPSA) is 22.3 Å². The van der Waals surface area contributed by atoms with Gasteiger partial charge in [0.15, 0.2) is 12.4 Å². The lowest BCUT2D eigenvalue weighted by molar-refractivity contribution is -0.672. The first-order valence-electron chi connectivity index (χ1n) is 12.0. The molecule has 0 spiro atoms. The standard InChI is InChI=1S/C25H44NO2/c1-3-4-5-6-7-8-9-10-11-12-13-16-24-17-18-25(28-24)22-27-21-23-15-14-19-26(2)20-23/h14-15,19-20,24-25H,3-13,16-18,21-22H2,1-2H3/q+1. The van der Waals surface area contributed by atoms with Gasteiger partial charge in [-0.2, -0.15) is 0 Å². The minimum absolute atomic E-state index is 0.301. The van der Waals surface area contributed by atoms with E-state index in [0.29, 0.717) is 18.8 Å². The van der Waals surface area contributed by atoms with Crippen LogP contribution < -0.4 is 4.57 Å². The fraction of sp³-hybridized carbons (Fsp3) is 0.800. The summed E-state index contributed by atoms with van der Waals surface area (Å²) >= 11 is 0. The van der Waals surface area contributed by atoms with E-state index in [9.17, 15) is 0 Å². The van der Waals surface area contributed by atoms with Gasteiger partial charge < -0.3 is 9.47 Å². The Balaban J connectivity index is 1.39. The Kier molecular flexibility index (Phi) is 12.5. The summed E-state index contributed by atoms with van der Waals surface area (Å²) in [5.41, 5.74) is 1.22. The van der Waals surface area contributed by atoms with E-state index in [0.717, 1.165) is 13.0 Å². The molecule has 0 N–H and O–H groups in total. The molecule has 1 aromatic heterocycles. The van der Waals surface area contributed by atoms with Gasteiger partial charge in [-0.25, -0.2) is 4.57 Å². The molecule has 3 heteroatoms. The van der Waals surface area contributed by atoms with Gasteiger partial charge in [0.25, 0.3) is 0 Å². The first kappa shape index (κ1) is 23.3. The monoisotopic (exact) mass is 390 g/mol. The van der Waals surface area contributed by atoms with Gasteiger partial charge in [-0.15, -0.1) is 0 Å². The number of pyridine rings is 1. The van der Waals surface area contributed by atoms with Gasteiger partial charge >= 0.3 is 0 Å². The minimum atomic E-state index is 0.301. The highest BCUT2D eigenvalue weighted by molar-refractivity contribution is 5.03. The van der Waals surface area contributed by atoms with Crippen molar-refractivity contribution < 1.29 is 14.0 Å². The first-order chi connectivity index (χ1) is 13.8. The molecule has 1 aliphatic rings. The summed E-state index contributed by atoms with van der Waals surface area (Å²) in [6.07, 6.45) is 24.1. The SMILES string of the molecule is CCCCCCCCCCCCCC1CCC(COCc2ccc[n+](C)c2)O1. The van der Waals surface area contributed by atoms with Crippen LogP contribution in [0.2, 0.25) is 0 Å². The van der Waals surface area contributed by atoms with Crippen LogP contribution in [0.1, 0.15) is 102 Å². The Morgan fingerprint density at radius 2 is 1.57 bits per heavy atom. The van der Waals surface area contributed by atoms with Gasteiger partial charge in [-0.05, 0) is 25.3 Å². The Bertz CT molecular complexity index is 505. The lowest BCUT2D eigenvalue weighted by atomic mass is 10.0. The predicted molar refractivity (Wildman–Crippen MR) is 116 cm³/mol. The number of aromatic nitrogens is 1. The summed E-state index contributed by atoms with van der Waals surface area (Å²) in [4.78, 5) is 0. The van der Waals surface area contributed by atoms with Gasteiger partial charge in [0.05, 0.1) is 25.4 Å². The average Bonchev–Trinajstić information content (AvgIpc) is 3.14. The largest absolute Gasteiger partial charge is 0.374 e. The van der Waals surface area contributed by atoms with Crippen LogP contribution in [0.5, 0.6) is 0 Å². The van der Waals surface area contributed by atoms with Gasteiger partial charge in [0.2, 0.25) is 0 Å². The Hall–Kier alpha value is -0.930. The van der Waals surface area contributed by atoms with Crippen LogP contribution in [0, 0.1) is 0 Å². The third-order valence-electron chi connectivity index (χ3n) is 5.90. The molecule has 1 aliphatic heterocycles. The van der Waals surface area contributed by atoms with Crippen LogP contribution in [0.15, 0.2) is 24.5 Å². The Morgan fingerprint density at radius 1 is 0.929 bits per heavy atom. The normalized spacial score (nSPS) is 19.4. The molecule has 1 fully saturated rings. The predicted octanol–water partition coefficient (Wildman–Crippen LogP) is 6.28. The average molecular weight is 391 g/mol. The molecule has 0 radical (unpaired) electrons. The summed E-state index contributed by atoms with van der Waals surface area (Å²) in [6.45, 7) is 3.70. The van der Waals surface area contributed by atoms with E-state index >= 15 is 0 Å². The molecule has 0 aliphatic carbocycles. The summed E-state index contributed by atoms with van der Waals surface area (Å²) < 4.78 is 14.1. The molecule has 1 aromatic rings. The third kappa shape index (κ3) is 10.6. The molecule has 2 heterocycles.